The molecule has 0 amide bonds. The number of carbonyl (C=O) groups is 1. The van der Waals surface area contributed by atoms with Crippen LogP contribution in [-0.4, -0.2) is 11.1 Å². The summed E-state index contributed by atoms with van der Waals surface area (Å²) in [5.74, 6) is -0.959. The molecule has 1 aliphatic rings. The Morgan fingerprint density at radius 2 is 2.00 bits per heavy atom. The van der Waals surface area contributed by atoms with Gasteiger partial charge in [0.2, 0.25) is 0 Å². The van der Waals surface area contributed by atoms with E-state index in [1.54, 1.807) is 6.07 Å². The molecule has 2 rings (SSSR count). The van der Waals surface area contributed by atoms with Gasteiger partial charge in [-0.05, 0) is 37.3 Å². The number of halogens is 3. The van der Waals surface area contributed by atoms with E-state index in [0.29, 0.717) is 24.0 Å². The Balaban J connectivity index is 2.25. The van der Waals surface area contributed by atoms with Crippen molar-refractivity contribution in [2.75, 3.05) is 0 Å². The van der Waals surface area contributed by atoms with Crippen molar-refractivity contribution < 1.29 is 23.1 Å². The van der Waals surface area contributed by atoms with Gasteiger partial charge in [0, 0.05) is 5.57 Å². The van der Waals surface area contributed by atoms with E-state index in [1.165, 1.54) is 6.07 Å². The molecule has 0 spiro atoms. The number of carboxylic acids is 1. The summed E-state index contributed by atoms with van der Waals surface area (Å²) < 4.78 is 37.7. The molecule has 102 valence electrons. The zero-order valence-corrected chi connectivity index (χ0v) is 10.1. The maximum absolute atomic E-state index is 12.6. The van der Waals surface area contributed by atoms with Crippen LogP contribution < -0.4 is 0 Å². The maximum Gasteiger partial charge on any atom is 0.416 e. The maximum atomic E-state index is 12.6. The van der Waals surface area contributed by atoms with Crippen molar-refractivity contribution in [3.05, 3.63) is 46.5 Å². The third-order valence-electron chi connectivity index (χ3n) is 3.26. The second kappa shape index (κ2) is 5.07. The Labute approximate surface area is 108 Å². The van der Waals surface area contributed by atoms with Crippen LogP contribution in [0.5, 0.6) is 0 Å². The van der Waals surface area contributed by atoms with Crippen LogP contribution in [0.2, 0.25) is 0 Å². The van der Waals surface area contributed by atoms with Crippen LogP contribution in [0.25, 0.3) is 0 Å². The van der Waals surface area contributed by atoms with E-state index in [0.717, 1.165) is 24.1 Å². The van der Waals surface area contributed by atoms with Gasteiger partial charge in [-0.1, -0.05) is 23.8 Å². The standard InChI is InChI=1S/C14H13F3O2/c15-14(16,17)11-5-1-3-9(8-11)7-10-4-2-6-12(10)13(18)19/h1,3,5,8H,2,4,6-7H2,(H,18,19). The third-order valence-corrected chi connectivity index (χ3v) is 3.26. The largest absolute Gasteiger partial charge is 0.478 e. The summed E-state index contributed by atoms with van der Waals surface area (Å²) in [7, 11) is 0. The average molecular weight is 270 g/mol. The fourth-order valence-electron chi connectivity index (χ4n) is 2.36. The quantitative estimate of drug-likeness (QED) is 0.906. The summed E-state index contributed by atoms with van der Waals surface area (Å²) in [6.07, 6.45) is -2.17. The molecule has 2 nitrogen and oxygen atoms in total. The Kier molecular flexibility index (Phi) is 3.64. The number of alkyl halides is 3. The summed E-state index contributed by atoms with van der Waals surface area (Å²) in [6.45, 7) is 0. The number of carboxylic acid groups (broad SMARTS) is 1. The van der Waals surface area contributed by atoms with E-state index in [-0.39, 0.29) is 6.42 Å². The summed E-state index contributed by atoms with van der Waals surface area (Å²) in [4.78, 5) is 11.0. The van der Waals surface area contributed by atoms with E-state index >= 15 is 0 Å². The molecule has 1 aromatic rings. The molecule has 0 atom stereocenters. The monoisotopic (exact) mass is 270 g/mol. The zero-order valence-electron chi connectivity index (χ0n) is 10.1. The lowest BCUT2D eigenvalue weighted by atomic mass is 10.00. The first-order valence-corrected chi connectivity index (χ1v) is 5.98. The van der Waals surface area contributed by atoms with Crippen molar-refractivity contribution in [3.8, 4) is 0 Å². The summed E-state index contributed by atoms with van der Waals surface area (Å²) >= 11 is 0. The SMILES string of the molecule is O=C(O)C1=C(Cc2cccc(C(F)(F)F)c2)CCC1. The molecule has 0 unspecified atom stereocenters. The van der Waals surface area contributed by atoms with Gasteiger partial charge in [-0.25, -0.2) is 4.79 Å². The summed E-state index contributed by atoms with van der Waals surface area (Å²) in [5.41, 5.74) is 0.912. The number of hydrogen-bond acceptors (Lipinski definition) is 1. The second-order valence-corrected chi connectivity index (χ2v) is 4.62. The van der Waals surface area contributed by atoms with E-state index in [4.69, 9.17) is 5.11 Å². The lowest BCUT2D eigenvalue weighted by Gasteiger charge is -2.09. The molecule has 0 radical (unpaired) electrons. The van der Waals surface area contributed by atoms with Crippen LogP contribution in [0.15, 0.2) is 35.4 Å². The van der Waals surface area contributed by atoms with Gasteiger partial charge in [0.1, 0.15) is 0 Å². The molecule has 0 bridgehead atoms. The van der Waals surface area contributed by atoms with Crippen LogP contribution in [0.1, 0.15) is 30.4 Å². The highest BCUT2D eigenvalue weighted by molar-refractivity contribution is 5.88. The normalized spacial score (nSPS) is 15.9. The van der Waals surface area contributed by atoms with Crippen LogP contribution >= 0.6 is 0 Å². The van der Waals surface area contributed by atoms with Gasteiger partial charge in [-0.15, -0.1) is 0 Å². The molecule has 0 saturated carbocycles. The third kappa shape index (κ3) is 3.16. The highest BCUT2D eigenvalue weighted by atomic mass is 19.4. The van der Waals surface area contributed by atoms with Gasteiger partial charge in [-0.3, -0.25) is 0 Å². The molecule has 0 aromatic heterocycles. The smallest absolute Gasteiger partial charge is 0.416 e. The van der Waals surface area contributed by atoms with Gasteiger partial charge < -0.3 is 5.11 Å². The van der Waals surface area contributed by atoms with Gasteiger partial charge >= 0.3 is 12.1 Å². The number of benzene rings is 1. The van der Waals surface area contributed by atoms with E-state index in [1.807, 2.05) is 0 Å². The summed E-state index contributed by atoms with van der Waals surface area (Å²) in [5, 5.41) is 9.01. The van der Waals surface area contributed by atoms with Crippen molar-refractivity contribution in [1.29, 1.82) is 0 Å². The Morgan fingerprint density at radius 3 is 2.63 bits per heavy atom. The lowest BCUT2D eigenvalue weighted by Crippen LogP contribution is -2.06. The van der Waals surface area contributed by atoms with Crippen molar-refractivity contribution in [1.82, 2.24) is 0 Å². The van der Waals surface area contributed by atoms with E-state index in [2.05, 4.69) is 0 Å². The molecule has 1 aliphatic carbocycles. The van der Waals surface area contributed by atoms with Crippen LogP contribution in [0.4, 0.5) is 13.2 Å². The van der Waals surface area contributed by atoms with Crippen molar-refractivity contribution >= 4 is 5.97 Å². The number of aliphatic carboxylic acids is 1. The predicted octanol–water partition coefficient (Wildman–Crippen LogP) is 3.81. The lowest BCUT2D eigenvalue weighted by molar-refractivity contribution is -0.137. The fraction of sp³-hybridized carbons (Fsp3) is 0.357. The zero-order chi connectivity index (χ0) is 14.0. The summed E-state index contributed by atoms with van der Waals surface area (Å²) in [6, 6.07) is 5.06. The average Bonchev–Trinajstić information content (AvgIpc) is 2.76. The first-order valence-electron chi connectivity index (χ1n) is 5.98. The molecule has 0 heterocycles. The minimum atomic E-state index is -4.37. The molecule has 5 heteroatoms. The van der Waals surface area contributed by atoms with Crippen LogP contribution in [0, 0.1) is 0 Å². The van der Waals surface area contributed by atoms with E-state index < -0.39 is 17.7 Å². The first-order chi connectivity index (χ1) is 8.88. The van der Waals surface area contributed by atoms with Gasteiger partial charge in [0.15, 0.2) is 0 Å². The van der Waals surface area contributed by atoms with Gasteiger partial charge in [-0.2, -0.15) is 13.2 Å². The minimum Gasteiger partial charge on any atom is -0.478 e. The number of allylic oxidation sites excluding steroid dienone is 1. The molecule has 19 heavy (non-hydrogen) atoms. The molecule has 1 aromatic carbocycles. The second-order valence-electron chi connectivity index (χ2n) is 4.62. The topological polar surface area (TPSA) is 37.3 Å². The number of rotatable bonds is 3. The Bertz CT molecular complexity index is 530. The Hall–Kier alpha value is -1.78. The molecular formula is C14H13F3O2. The van der Waals surface area contributed by atoms with Gasteiger partial charge in [0.05, 0.1) is 5.56 Å². The van der Waals surface area contributed by atoms with Crippen LogP contribution in [-0.2, 0) is 17.4 Å². The van der Waals surface area contributed by atoms with Crippen LogP contribution in [0.3, 0.4) is 0 Å². The fourth-order valence-corrected chi connectivity index (χ4v) is 2.36. The van der Waals surface area contributed by atoms with Crippen molar-refractivity contribution in [2.24, 2.45) is 0 Å². The molecule has 1 N–H and O–H groups in total. The Morgan fingerprint density at radius 1 is 1.26 bits per heavy atom. The molecule has 0 aliphatic heterocycles. The predicted molar refractivity (Wildman–Crippen MR) is 63.7 cm³/mol. The van der Waals surface area contributed by atoms with Crippen molar-refractivity contribution in [2.45, 2.75) is 31.9 Å². The minimum absolute atomic E-state index is 0.283. The molecule has 0 saturated heterocycles. The first kappa shape index (κ1) is 13.6. The molecule has 0 fully saturated rings. The van der Waals surface area contributed by atoms with Crippen molar-refractivity contribution in [3.63, 3.8) is 0 Å². The molecular weight excluding hydrogens is 257 g/mol. The highest BCUT2D eigenvalue weighted by Crippen LogP contribution is 2.32. The van der Waals surface area contributed by atoms with Gasteiger partial charge in [0.25, 0.3) is 0 Å². The number of hydrogen-bond donors (Lipinski definition) is 1. The van der Waals surface area contributed by atoms with E-state index in [9.17, 15) is 18.0 Å². The highest BCUT2D eigenvalue weighted by Gasteiger charge is 2.30.